The number of anilines is 1. The van der Waals surface area contributed by atoms with Gasteiger partial charge in [-0.3, -0.25) is 9.69 Å². The van der Waals surface area contributed by atoms with Crippen molar-refractivity contribution in [3.8, 4) is 0 Å². The van der Waals surface area contributed by atoms with Crippen LogP contribution < -0.4 is 4.90 Å². The molecule has 0 spiro atoms. The molecule has 0 bridgehead atoms. The van der Waals surface area contributed by atoms with Crippen molar-refractivity contribution >= 4 is 23.3 Å². The van der Waals surface area contributed by atoms with Crippen molar-refractivity contribution in [2.24, 2.45) is 23.2 Å². The number of piperazine rings is 1. The van der Waals surface area contributed by atoms with E-state index >= 15 is 0 Å². The van der Waals surface area contributed by atoms with E-state index < -0.39 is 0 Å². The Kier molecular flexibility index (Phi) is 5.35. The summed E-state index contributed by atoms with van der Waals surface area (Å²) >= 11 is 6.02. The zero-order chi connectivity index (χ0) is 20.9. The maximum Gasteiger partial charge on any atom is 0.310 e. The molecule has 5 heteroatoms. The van der Waals surface area contributed by atoms with Crippen LogP contribution in [-0.4, -0.2) is 49.7 Å². The summed E-state index contributed by atoms with van der Waals surface area (Å²) < 4.78 is 5.95. The standard InChI is InChI=1S/C25H33ClN2O2/c1-17-4-3-9-25(2)15-23-20(14-22(17)25)21(24(29)30-23)16-27-10-12-28(13-11-27)19-7-5-18(26)6-8-19/h5-8,20-23H,1,3-4,9-16H2,2H3/t20-,21-,22+,23-,25-/m1/s1. The van der Waals surface area contributed by atoms with Gasteiger partial charge < -0.3 is 9.64 Å². The van der Waals surface area contributed by atoms with Gasteiger partial charge in [0.1, 0.15) is 6.10 Å². The van der Waals surface area contributed by atoms with Crippen LogP contribution in [0.5, 0.6) is 0 Å². The maximum atomic E-state index is 12.8. The van der Waals surface area contributed by atoms with Crippen molar-refractivity contribution < 1.29 is 9.53 Å². The van der Waals surface area contributed by atoms with E-state index in [4.69, 9.17) is 16.3 Å². The number of ether oxygens (including phenoxy) is 1. The predicted octanol–water partition coefficient (Wildman–Crippen LogP) is 4.78. The number of halogens is 1. The van der Waals surface area contributed by atoms with Crippen molar-refractivity contribution in [3.63, 3.8) is 0 Å². The molecule has 0 radical (unpaired) electrons. The second-order valence-corrected chi connectivity index (χ2v) is 10.6. The summed E-state index contributed by atoms with van der Waals surface area (Å²) in [5, 5.41) is 0.774. The Morgan fingerprint density at radius 2 is 1.93 bits per heavy atom. The highest BCUT2D eigenvalue weighted by Gasteiger charge is 2.55. The summed E-state index contributed by atoms with van der Waals surface area (Å²) in [4.78, 5) is 17.7. The summed E-state index contributed by atoms with van der Waals surface area (Å²) in [7, 11) is 0. The minimum atomic E-state index is 0.0244. The fourth-order valence-corrected chi connectivity index (χ4v) is 6.71. The molecule has 5 rings (SSSR count). The molecular formula is C25H33ClN2O2. The van der Waals surface area contributed by atoms with E-state index in [1.807, 2.05) is 12.1 Å². The molecule has 0 N–H and O–H groups in total. The molecule has 0 amide bonds. The number of nitrogens with zero attached hydrogens (tertiary/aromatic N) is 2. The molecule has 4 fully saturated rings. The van der Waals surface area contributed by atoms with E-state index in [0.717, 1.165) is 57.0 Å². The van der Waals surface area contributed by atoms with E-state index in [9.17, 15) is 4.79 Å². The molecule has 0 unspecified atom stereocenters. The van der Waals surface area contributed by atoms with Crippen LogP contribution in [0.2, 0.25) is 5.02 Å². The topological polar surface area (TPSA) is 32.8 Å². The molecule has 30 heavy (non-hydrogen) atoms. The SMILES string of the molecule is C=C1CCC[C@]2(C)C[C@H]3OC(=O)[C@H](CN4CCN(c5ccc(Cl)cc5)CC4)[C@H]3C[C@@H]12. The van der Waals surface area contributed by atoms with Crippen LogP contribution in [0, 0.1) is 23.2 Å². The summed E-state index contributed by atoms with van der Waals surface area (Å²) in [5.41, 5.74) is 2.91. The maximum absolute atomic E-state index is 12.8. The number of fused-ring (bicyclic) bond motifs is 2. The number of benzene rings is 1. The molecule has 2 aliphatic heterocycles. The fraction of sp³-hybridized carbons (Fsp3) is 0.640. The number of allylic oxidation sites excluding steroid dienone is 1. The third kappa shape index (κ3) is 3.67. The lowest BCUT2D eigenvalue weighted by molar-refractivity contribution is -0.146. The first-order valence-electron chi connectivity index (χ1n) is 11.5. The van der Waals surface area contributed by atoms with Gasteiger partial charge in [-0.2, -0.15) is 0 Å². The van der Waals surface area contributed by atoms with Gasteiger partial charge in [0.2, 0.25) is 0 Å². The minimum absolute atomic E-state index is 0.0244. The average Bonchev–Trinajstić information content (AvgIpc) is 3.01. The average molecular weight is 429 g/mol. The highest BCUT2D eigenvalue weighted by atomic mass is 35.5. The van der Waals surface area contributed by atoms with Gasteiger partial charge >= 0.3 is 5.97 Å². The van der Waals surface area contributed by atoms with Crippen LogP contribution in [0.4, 0.5) is 5.69 Å². The van der Waals surface area contributed by atoms with Crippen LogP contribution in [0.1, 0.15) is 39.0 Å². The van der Waals surface area contributed by atoms with Crippen LogP contribution >= 0.6 is 11.6 Å². The summed E-state index contributed by atoms with van der Waals surface area (Å²) in [6.07, 6.45) is 5.86. The second-order valence-electron chi connectivity index (χ2n) is 10.2. The lowest BCUT2D eigenvalue weighted by atomic mass is 9.55. The number of carbonyl (C=O) groups excluding carboxylic acids is 1. The van der Waals surface area contributed by atoms with Crippen LogP contribution in [0.25, 0.3) is 0 Å². The van der Waals surface area contributed by atoms with Crippen LogP contribution in [0.3, 0.4) is 0 Å². The van der Waals surface area contributed by atoms with Crippen molar-refractivity contribution in [1.82, 2.24) is 4.90 Å². The van der Waals surface area contributed by atoms with Gasteiger partial charge in [-0.1, -0.05) is 30.7 Å². The van der Waals surface area contributed by atoms with Crippen molar-refractivity contribution in [2.75, 3.05) is 37.6 Å². The Labute approximate surface area is 185 Å². The number of esters is 1. The zero-order valence-corrected chi connectivity index (χ0v) is 18.7. The Bertz CT molecular complexity index is 817. The second kappa shape index (κ2) is 7.87. The number of rotatable bonds is 3. The Hall–Kier alpha value is -1.52. The number of carbonyl (C=O) groups is 1. The van der Waals surface area contributed by atoms with Gasteiger partial charge in [-0.15, -0.1) is 0 Å². The minimum Gasteiger partial charge on any atom is -0.462 e. The van der Waals surface area contributed by atoms with Gasteiger partial charge in [-0.05, 0) is 67.7 Å². The lowest BCUT2D eigenvalue weighted by Crippen LogP contribution is -2.50. The van der Waals surface area contributed by atoms with Gasteiger partial charge in [0.15, 0.2) is 0 Å². The first-order valence-corrected chi connectivity index (χ1v) is 11.9. The van der Waals surface area contributed by atoms with Gasteiger partial charge in [-0.25, -0.2) is 0 Å². The zero-order valence-electron chi connectivity index (χ0n) is 18.0. The lowest BCUT2D eigenvalue weighted by Gasteiger charge is -2.50. The Morgan fingerprint density at radius 3 is 2.67 bits per heavy atom. The monoisotopic (exact) mass is 428 g/mol. The summed E-state index contributed by atoms with van der Waals surface area (Å²) in [5.74, 6) is 0.986. The third-order valence-corrected chi connectivity index (χ3v) is 8.59. The summed E-state index contributed by atoms with van der Waals surface area (Å²) in [6, 6.07) is 8.09. The van der Waals surface area contributed by atoms with E-state index in [1.165, 1.54) is 24.1 Å². The van der Waals surface area contributed by atoms with Gasteiger partial charge in [0.25, 0.3) is 0 Å². The molecule has 1 aromatic carbocycles. The highest BCUT2D eigenvalue weighted by Crippen LogP contribution is 2.56. The molecule has 2 aliphatic carbocycles. The van der Waals surface area contributed by atoms with E-state index in [0.29, 0.717) is 11.8 Å². The van der Waals surface area contributed by atoms with Crippen molar-refractivity contribution in [1.29, 1.82) is 0 Å². The van der Waals surface area contributed by atoms with E-state index in [2.05, 4.69) is 35.4 Å². The Morgan fingerprint density at radius 1 is 1.20 bits per heavy atom. The number of hydrogen-bond donors (Lipinski definition) is 0. The summed E-state index contributed by atoms with van der Waals surface area (Å²) in [6.45, 7) is 11.6. The van der Waals surface area contributed by atoms with E-state index in [-0.39, 0.29) is 23.4 Å². The molecule has 4 nitrogen and oxygen atoms in total. The molecule has 2 saturated heterocycles. The largest absolute Gasteiger partial charge is 0.462 e. The van der Waals surface area contributed by atoms with E-state index in [1.54, 1.807) is 0 Å². The Balaban J connectivity index is 1.22. The fourth-order valence-electron chi connectivity index (χ4n) is 6.58. The molecule has 4 aliphatic rings. The predicted molar refractivity (Wildman–Crippen MR) is 121 cm³/mol. The molecule has 0 aromatic heterocycles. The smallest absolute Gasteiger partial charge is 0.310 e. The first-order chi connectivity index (χ1) is 14.4. The highest BCUT2D eigenvalue weighted by molar-refractivity contribution is 6.30. The molecule has 1 aromatic rings. The van der Waals surface area contributed by atoms with Crippen molar-refractivity contribution in [2.45, 2.75) is 45.1 Å². The normalized spacial score (nSPS) is 36.9. The third-order valence-electron chi connectivity index (χ3n) is 8.34. The molecule has 2 saturated carbocycles. The number of hydrogen-bond acceptors (Lipinski definition) is 4. The molecule has 2 heterocycles. The van der Waals surface area contributed by atoms with Crippen LogP contribution in [0.15, 0.2) is 36.4 Å². The molecule has 162 valence electrons. The molecule has 5 atom stereocenters. The molecular weight excluding hydrogens is 396 g/mol. The van der Waals surface area contributed by atoms with Crippen LogP contribution in [-0.2, 0) is 9.53 Å². The first kappa shape index (κ1) is 20.4. The van der Waals surface area contributed by atoms with Gasteiger partial charge in [0, 0.05) is 49.4 Å². The quantitative estimate of drug-likeness (QED) is 0.512. The van der Waals surface area contributed by atoms with Gasteiger partial charge in [0.05, 0.1) is 5.92 Å². The van der Waals surface area contributed by atoms with Crippen molar-refractivity contribution in [3.05, 3.63) is 41.4 Å².